The lowest BCUT2D eigenvalue weighted by Crippen LogP contribution is -2.27. The zero-order valence-corrected chi connectivity index (χ0v) is 14.2. The topological polar surface area (TPSA) is 41.1 Å². The summed E-state index contributed by atoms with van der Waals surface area (Å²) in [5.41, 5.74) is 1.16. The van der Waals surface area contributed by atoms with Crippen LogP contribution in [0.2, 0.25) is 0 Å². The first kappa shape index (κ1) is 17.9. The lowest BCUT2D eigenvalue weighted by atomic mass is 10.2. The number of nitrogens with zero attached hydrogens (tertiary/aromatic N) is 3. The maximum Gasteiger partial charge on any atom is 0.225 e. The highest BCUT2D eigenvalue weighted by Crippen LogP contribution is 2.10. The quantitative estimate of drug-likeness (QED) is 0.676. The molecule has 0 saturated heterocycles. The Labute approximate surface area is 130 Å². The largest absolute Gasteiger partial charge is 0.341 e. The molecule has 0 atom stereocenters. The normalized spacial score (nSPS) is 11.1. The van der Waals surface area contributed by atoms with Gasteiger partial charge < -0.3 is 10.2 Å². The summed E-state index contributed by atoms with van der Waals surface area (Å²) in [4.78, 5) is 11.4. The van der Waals surface area contributed by atoms with Crippen LogP contribution in [-0.2, 0) is 6.54 Å². The second-order valence-electron chi connectivity index (χ2n) is 6.11. The Morgan fingerprint density at radius 1 is 1.05 bits per heavy atom. The van der Waals surface area contributed by atoms with E-state index in [1.54, 1.807) is 0 Å². The number of hydrogen-bond donors (Lipinski definition) is 1. The van der Waals surface area contributed by atoms with Crippen LogP contribution < -0.4 is 10.2 Å². The van der Waals surface area contributed by atoms with Crippen molar-refractivity contribution in [1.29, 1.82) is 0 Å². The molecule has 0 fully saturated rings. The van der Waals surface area contributed by atoms with E-state index in [1.807, 2.05) is 12.4 Å². The lowest BCUT2D eigenvalue weighted by Gasteiger charge is -2.22. The molecule has 120 valence electrons. The van der Waals surface area contributed by atoms with Gasteiger partial charge in [-0.05, 0) is 25.3 Å². The first-order valence-corrected chi connectivity index (χ1v) is 8.43. The monoisotopic (exact) mass is 292 g/mol. The predicted molar refractivity (Wildman–Crippen MR) is 90.6 cm³/mol. The number of rotatable bonds is 11. The Bertz CT molecular complexity index is 354. The molecule has 0 amide bonds. The molecular weight excluding hydrogens is 260 g/mol. The summed E-state index contributed by atoms with van der Waals surface area (Å²) >= 11 is 0. The van der Waals surface area contributed by atoms with Gasteiger partial charge in [-0.15, -0.1) is 0 Å². The minimum absolute atomic E-state index is 0.670. The molecule has 1 aromatic heterocycles. The fourth-order valence-electron chi connectivity index (χ4n) is 2.12. The van der Waals surface area contributed by atoms with Crippen LogP contribution >= 0.6 is 0 Å². The third-order valence-corrected chi connectivity index (χ3v) is 3.42. The minimum Gasteiger partial charge on any atom is -0.341 e. The third-order valence-electron chi connectivity index (χ3n) is 3.42. The average Bonchev–Trinajstić information content (AvgIpc) is 2.48. The molecule has 1 rings (SSSR count). The van der Waals surface area contributed by atoms with Crippen LogP contribution in [0.25, 0.3) is 0 Å². The summed E-state index contributed by atoms with van der Waals surface area (Å²) in [5.74, 6) is 1.55. The van der Waals surface area contributed by atoms with Gasteiger partial charge in [-0.2, -0.15) is 0 Å². The fraction of sp³-hybridized carbons (Fsp3) is 0.765. The molecule has 0 saturated carbocycles. The number of nitrogens with one attached hydrogen (secondary N) is 1. The Balaban J connectivity index is 2.55. The molecule has 1 heterocycles. The molecule has 0 bridgehead atoms. The molecule has 4 heteroatoms. The standard InChI is InChI=1S/C17H32N4/c1-5-7-9-21(10-8-6-2)17-19-13-16(14-20-17)12-18-11-15(3)4/h13-15,18H,5-12H2,1-4H3. The van der Waals surface area contributed by atoms with E-state index in [0.29, 0.717) is 5.92 Å². The minimum atomic E-state index is 0.670. The summed E-state index contributed by atoms with van der Waals surface area (Å²) in [6.45, 7) is 12.9. The molecule has 0 spiro atoms. The van der Waals surface area contributed by atoms with Crippen molar-refractivity contribution in [1.82, 2.24) is 15.3 Å². The van der Waals surface area contributed by atoms with Crippen molar-refractivity contribution in [2.24, 2.45) is 5.92 Å². The van der Waals surface area contributed by atoms with Crippen LogP contribution in [0.1, 0.15) is 58.9 Å². The molecule has 0 unspecified atom stereocenters. The van der Waals surface area contributed by atoms with Crippen LogP contribution in [0.4, 0.5) is 5.95 Å². The average molecular weight is 292 g/mol. The Hall–Kier alpha value is -1.16. The van der Waals surface area contributed by atoms with Gasteiger partial charge >= 0.3 is 0 Å². The van der Waals surface area contributed by atoms with Crippen molar-refractivity contribution in [3.63, 3.8) is 0 Å². The van der Waals surface area contributed by atoms with Crippen molar-refractivity contribution in [3.8, 4) is 0 Å². The van der Waals surface area contributed by atoms with E-state index in [4.69, 9.17) is 0 Å². The first-order valence-electron chi connectivity index (χ1n) is 8.43. The third kappa shape index (κ3) is 7.42. The van der Waals surface area contributed by atoms with Crippen molar-refractivity contribution in [2.75, 3.05) is 24.5 Å². The maximum atomic E-state index is 4.56. The molecule has 0 aliphatic carbocycles. The molecule has 0 aromatic carbocycles. The molecule has 1 aromatic rings. The lowest BCUT2D eigenvalue weighted by molar-refractivity contribution is 0.551. The molecule has 0 radical (unpaired) electrons. The molecular formula is C17H32N4. The summed E-state index contributed by atoms with van der Waals surface area (Å²) in [6.07, 6.45) is 8.73. The molecule has 4 nitrogen and oxygen atoms in total. The smallest absolute Gasteiger partial charge is 0.225 e. The number of aromatic nitrogens is 2. The van der Waals surface area contributed by atoms with Gasteiger partial charge in [-0.25, -0.2) is 9.97 Å². The fourth-order valence-corrected chi connectivity index (χ4v) is 2.12. The van der Waals surface area contributed by atoms with Gasteiger partial charge in [0.2, 0.25) is 5.95 Å². The van der Waals surface area contributed by atoms with Crippen LogP contribution in [0, 0.1) is 5.92 Å². The first-order chi connectivity index (χ1) is 10.2. The van der Waals surface area contributed by atoms with E-state index in [0.717, 1.165) is 37.7 Å². The van der Waals surface area contributed by atoms with E-state index < -0.39 is 0 Å². The number of hydrogen-bond acceptors (Lipinski definition) is 4. The Morgan fingerprint density at radius 2 is 1.62 bits per heavy atom. The SMILES string of the molecule is CCCCN(CCCC)c1ncc(CNCC(C)C)cn1. The van der Waals surface area contributed by atoms with Gasteiger partial charge in [0.25, 0.3) is 0 Å². The zero-order chi connectivity index (χ0) is 15.5. The molecule has 1 N–H and O–H groups in total. The van der Waals surface area contributed by atoms with Crippen LogP contribution in [0.15, 0.2) is 12.4 Å². The summed E-state index contributed by atoms with van der Waals surface area (Å²) < 4.78 is 0. The van der Waals surface area contributed by atoms with E-state index in [9.17, 15) is 0 Å². The van der Waals surface area contributed by atoms with Crippen LogP contribution in [0.3, 0.4) is 0 Å². The maximum absolute atomic E-state index is 4.56. The highest BCUT2D eigenvalue weighted by molar-refractivity contribution is 5.29. The number of anilines is 1. The molecule has 21 heavy (non-hydrogen) atoms. The number of unbranched alkanes of at least 4 members (excludes halogenated alkanes) is 2. The van der Waals surface area contributed by atoms with Gasteiger partial charge in [0.05, 0.1) is 0 Å². The Morgan fingerprint density at radius 3 is 2.10 bits per heavy atom. The van der Waals surface area contributed by atoms with Crippen molar-refractivity contribution < 1.29 is 0 Å². The van der Waals surface area contributed by atoms with Crippen LogP contribution in [0.5, 0.6) is 0 Å². The highest BCUT2D eigenvalue weighted by Gasteiger charge is 2.08. The van der Waals surface area contributed by atoms with Gasteiger partial charge in [0.1, 0.15) is 0 Å². The van der Waals surface area contributed by atoms with Crippen molar-refractivity contribution in [3.05, 3.63) is 18.0 Å². The van der Waals surface area contributed by atoms with E-state index >= 15 is 0 Å². The van der Waals surface area contributed by atoms with Gasteiger partial charge in [0, 0.05) is 37.6 Å². The zero-order valence-electron chi connectivity index (χ0n) is 14.2. The van der Waals surface area contributed by atoms with Gasteiger partial charge in [-0.1, -0.05) is 40.5 Å². The summed E-state index contributed by atoms with van der Waals surface area (Å²) in [6, 6.07) is 0. The summed E-state index contributed by atoms with van der Waals surface area (Å²) in [7, 11) is 0. The van der Waals surface area contributed by atoms with Crippen molar-refractivity contribution >= 4 is 5.95 Å². The van der Waals surface area contributed by atoms with Gasteiger partial charge in [0.15, 0.2) is 0 Å². The highest BCUT2D eigenvalue weighted by atomic mass is 15.2. The molecule has 0 aliphatic rings. The summed E-state index contributed by atoms with van der Waals surface area (Å²) in [5, 5.41) is 3.42. The van der Waals surface area contributed by atoms with E-state index in [1.165, 1.54) is 25.7 Å². The second-order valence-corrected chi connectivity index (χ2v) is 6.11. The van der Waals surface area contributed by atoms with E-state index in [2.05, 4.69) is 47.9 Å². The van der Waals surface area contributed by atoms with Crippen molar-refractivity contribution in [2.45, 2.75) is 59.9 Å². The molecule has 0 aliphatic heterocycles. The second kappa shape index (κ2) is 10.6. The predicted octanol–water partition coefficient (Wildman–Crippen LogP) is 3.63. The van der Waals surface area contributed by atoms with Gasteiger partial charge in [-0.3, -0.25) is 0 Å². The Kier molecular flexibility index (Phi) is 8.99. The van der Waals surface area contributed by atoms with Crippen LogP contribution in [-0.4, -0.2) is 29.6 Å². The van der Waals surface area contributed by atoms with E-state index in [-0.39, 0.29) is 0 Å².